The number of nitro benzene ring substituents is 1. The first-order valence-corrected chi connectivity index (χ1v) is 7.17. The molecular weight excluding hydrogens is 254 g/mol. The average molecular weight is 277 g/mol. The number of hydrogen-bond acceptors (Lipinski definition) is 4. The molecule has 1 aromatic rings. The van der Waals surface area contributed by atoms with Gasteiger partial charge in [0.15, 0.2) is 0 Å². The molecule has 110 valence electrons. The Morgan fingerprint density at radius 1 is 1.35 bits per heavy atom. The molecule has 2 atom stereocenters. The highest BCUT2D eigenvalue weighted by Gasteiger charge is 2.23. The Kier molecular flexibility index (Phi) is 4.60. The zero-order valence-electron chi connectivity index (χ0n) is 12.4. The lowest BCUT2D eigenvalue weighted by atomic mass is 9.91. The molecule has 1 aliphatic heterocycles. The molecule has 1 heterocycles. The second-order valence-electron chi connectivity index (χ2n) is 5.99. The van der Waals surface area contributed by atoms with E-state index in [1.807, 2.05) is 7.05 Å². The van der Waals surface area contributed by atoms with Crippen molar-refractivity contribution >= 4 is 11.4 Å². The quantitative estimate of drug-likeness (QED) is 0.678. The van der Waals surface area contributed by atoms with Crippen LogP contribution in [0.2, 0.25) is 0 Å². The lowest BCUT2D eigenvalue weighted by molar-refractivity contribution is -0.384. The van der Waals surface area contributed by atoms with Gasteiger partial charge in [0.2, 0.25) is 0 Å². The first kappa shape index (κ1) is 14.8. The summed E-state index contributed by atoms with van der Waals surface area (Å²) in [6.45, 7) is 7.45. The molecule has 2 rings (SSSR count). The molecule has 0 amide bonds. The van der Waals surface area contributed by atoms with Crippen LogP contribution in [0.3, 0.4) is 0 Å². The Morgan fingerprint density at radius 2 is 2.00 bits per heavy atom. The van der Waals surface area contributed by atoms with Crippen molar-refractivity contribution in [2.24, 2.45) is 11.8 Å². The van der Waals surface area contributed by atoms with E-state index in [4.69, 9.17) is 0 Å². The zero-order valence-corrected chi connectivity index (χ0v) is 12.4. The largest absolute Gasteiger partial charge is 0.388 e. The van der Waals surface area contributed by atoms with Crippen LogP contribution >= 0.6 is 0 Å². The van der Waals surface area contributed by atoms with E-state index in [1.165, 1.54) is 6.42 Å². The lowest BCUT2D eigenvalue weighted by Gasteiger charge is -2.35. The maximum atomic E-state index is 10.9. The minimum Gasteiger partial charge on any atom is -0.388 e. The van der Waals surface area contributed by atoms with Gasteiger partial charge in [-0.05, 0) is 29.9 Å². The number of anilines is 1. The summed E-state index contributed by atoms with van der Waals surface area (Å²) in [5.41, 5.74) is 2.14. The highest BCUT2D eigenvalue weighted by molar-refractivity contribution is 5.55. The Balaban J connectivity index is 2.18. The summed E-state index contributed by atoms with van der Waals surface area (Å²) in [5.74, 6) is 1.38. The molecule has 5 nitrogen and oxygen atoms in total. The standard InChI is InChI=1S/C15H23N3O2/c1-11-6-12(2)9-17(8-11)10-13-7-14(18(19)20)4-5-15(13)16-3/h4-5,7,11-12,16H,6,8-10H2,1-3H3. The SMILES string of the molecule is CNc1ccc([N+](=O)[O-])cc1CN1CC(C)CC(C)C1. The normalized spacial score (nSPS) is 23.6. The van der Waals surface area contributed by atoms with Gasteiger partial charge in [-0.1, -0.05) is 13.8 Å². The molecule has 0 aliphatic carbocycles. The van der Waals surface area contributed by atoms with Gasteiger partial charge in [-0.15, -0.1) is 0 Å². The van der Waals surface area contributed by atoms with Crippen molar-refractivity contribution in [2.75, 3.05) is 25.5 Å². The molecule has 1 saturated heterocycles. The van der Waals surface area contributed by atoms with Crippen molar-refractivity contribution in [2.45, 2.75) is 26.8 Å². The van der Waals surface area contributed by atoms with Crippen LogP contribution in [0, 0.1) is 22.0 Å². The number of likely N-dealkylation sites (tertiary alicyclic amines) is 1. The number of nitro groups is 1. The number of piperidine rings is 1. The van der Waals surface area contributed by atoms with E-state index in [-0.39, 0.29) is 10.6 Å². The third kappa shape index (κ3) is 3.48. The van der Waals surface area contributed by atoms with Gasteiger partial charge in [-0.2, -0.15) is 0 Å². The Bertz CT molecular complexity index is 480. The molecule has 0 bridgehead atoms. The molecule has 0 aromatic heterocycles. The molecule has 1 aromatic carbocycles. The van der Waals surface area contributed by atoms with Crippen LogP contribution in [0.1, 0.15) is 25.8 Å². The summed E-state index contributed by atoms with van der Waals surface area (Å²) in [6, 6.07) is 5.04. The third-order valence-corrected chi connectivity index (χ3v) is 3.91. The van der Waals surface area contributed by atoms with Crippen LogP contribution in [-0.2, 0) is 6.54 Å². The first-order chi connectivity index (χ1) is 9.49. The van der Waals surface area contributed by atoms with Crippen molar-refractivity contribution in [1.29, 1.82) is 0 Å². The van der Waals surface area contributed by atoms with E-state index in [9.17, 15) is 10.1 Å². The van der Waals surface area contributed by atoms with Crippen molar-refractivity contribution in [1.82, 2.24) is 4.90 Å². The summed E-state index contributed by atoms with van der Waals surface area (Å²) < 4.78 is 0. The van der Waals surface area contributed by atoms with Crippen molar-refractivity contribution in [3.63, 3.8) is 0 Å². The maximum Gasteiger partial charge on any atom is 0.269 e. The zero-order chi connectivity index (χ0) is 14.7. The summed E-state index contributed by atoms with van der Waals surface area (Å²) in [7, 11) is 1.85. The molecule has 2 unspecified atom stereocenters. The highest BCUT2D eigenvalue weighted by atomic mass is 16.6. The van der Waals surface area contributed by atoms with E-state index in [0.29, 0.717) is 11.8 Å². The Hall–Kier alpha value is -1.62. The van der Waals surface area contributed by atoms with Gasteiger partial charge >= 0.3 is 0 Å². The highest BCUT2D eigenvalue weighted by Crippen LogP contribution is 2.27. The summed E-state index contributed by atoms with van der Waals surface area (Å²) in [5, 5.41) is 14.0. The van der Waals surface area contributed by atoms with E-state index < -0.39 is 0 Å². The fourth-order valence-corrected chi connectivity index (χ4v) is 3.23. The topological polar surface area (TPSA) is 58.4 Å². The summed E-state index contributed by atoms with van der Waals surface area (Å²) in [6.07, 6.45) is 1.27. The van der Waals surface area contributed by atoms with Crippen molar-refractivity contribution in [3.8, 4) is 0 Å². The molecule has 5 heteroatoms. The molecule has 0 radical (unpaired) electrons. The predicted molar refractivity (Wildman–Crippen MR) is 80.9 cm³/mol. The number of non-ortho nitro benzene ring substituents is 1. The van der Waals surface area contributed by atoms with Crippen LogP contribution in [0.4, 0.5) is 11.4 Å². The molecular formula is C15H23N3O2. The molecule has 1 aliphatic rings. The van der Waals surface area contributed by atoms with E-state index in [2.05, 4.69) is 24.1 Å². The maximum absolute atomic E-state index is 10.9. The minimum absolute atomic E-state index is 0.164. The lowest BCUT2D eigenvalue weighted by Crippen LogP contribution is -2.38. The fraction of sp³-hybridized carbons (Fsp3) is 0.600. The second-order valence-corrected chi connectivity index (χ2v) is 5.99. The number of nitrogens with one attached hydrogen (secondary N) is 1. The van der Waals surface area contributed by atoms with Crippen LogP contribution in [0.5, 0.6) is 0 Å². The van der Waals surface area contributed by atoms with Crippen LogP contribution in [0.25, 0.3) is 0 Å². The van der Waals surface area contributed by atoms with Crippen LogP contribution in [-0.4, -0.2) is 30.0 Å². The smallest absolute Gasteiger partial charge is 0.269 e. The van der Waals surface area contributed by atoms with Gasteiger partial charge in [0, 0.05) is 44.5 Å². The van der Waals surface area contributed by atoms with Crippen molar-refractivity contribution in [3.05, 3.63) is 33.9 Å². The number of nitrogens with zero attached hydrogens (tertiary/aromatic N) is 2. The average Bonchev–Trinajstić information content (AvgIpc) is 2.37. The van der Waals surface area contributed by atoms with Gasteiger partial charge in [-0.25, -0.2) is 0 Å². The number of benzene rings is 1. The Morgan fingerprint density at radius 3 is 2.55 bits per heavy atom. The van der Waals surface area contributed by atoms with E-state index >= 15 is 0 Å². The summed E-state index contributed by atoms with van der Waals surface area (Å²) in [4.78, 5) is 13.0. The van der Waals surface area contributed by atoms with Crippen LogP contribution in [0.15, 0.2) is 18.2 Å². The third-order valence-electron chi connectivity index (χ3n) is 3.91. The first-order valence-electron chi connectivity index (χ1n) is 7.17. The van der Waals surface area contributed by atoms with E-state index in [0.717, 1.165) is 30.9 Å². The van der Waals surface area contributed by atoms with Gasteiger partial charge in [-0.3, -0.25) is 15.0 Å². The van der Waals surface area contributed by atoms with Gasteiger partial charge in [0.1, 0.15) is 0 Å². The van der Waals surface area contributed by atoms with E-state index in [1.54, 1.807) is 18.2 Å². The molecule has 20 heavy (non-hydrogen) atoms. The predicted octanol–water partition coefficient (Wildman–Crippen LogP) is 3.11. The van der Waals surface area contributed by atoms with Gasteiger partial charge in [0.05, 0.1) is 4.92 Å². The second kappa shape index (κ2) is 6.22. The van der Waals surface area contributed by atoms with Crippen molar-refractivity contribution < 1.29 is 4.92 Å². The fourth-order valence-electron chi connectivity index (χ4n) is 3.23. The monoisotopic (exact) mass is 277 g/mol. The molecule has 1 N–H and O–H groups in total. The van der Waals surface area contributed by atoms with Gasteiger partial charge < -0.3 is 5.32 Å². The summed E-state index contributed by atoms with van der Waals surface area (Å²) >= 11 is 0. The Labute approximate surface area is 120 Å². The molecule has 0 spiro atoms. The number of hydrogen-bond donors (Lipinski definition) is 1. The molecule has 0 saturated carbocycles. The molecule has 1 fully saturated rings. The van der Waals surface area contributed by atoms with Gasteiger partial charge in [0.25, 0.3) is 5.69 Å². The van der Waals surface area contributed by atoms with Crippen LogP contribution < -0.4 is 5.32 Å². The minimum atomic E-state index is -0.329. The number of rotatable bonds is 4.